The van der Waals surface area contributed by atoms with Gasteiger partial charge in [-0.2, -0.15) is 24.6 Å². The zero-order chi connectivity index (χ0) is 11.2. The van der Waals surface area contributed by atoms with Gasteiger partial charge in [0.15, 0.2) is 0 Å². The topological polar surface area (TPSA) is 91.3 Å². The molecule has 0 aromatic carbocycles. The van der Waals surface area contributed by atoms with Crippen LogP contribution in [0.2, 0.25) is 0 Å². The van der Waals surface area contributed by atoms with E-state index < -0.39 is 17.9 Å². The summed E-state index contributed by atoms with van der Waals surface area (Å²) in [4.78, 5) is 31.5. The molecular weight excluding hydrogens is 196 g/mol. The van der Waals surface area contributed by atoms with Crippen LogP contribution in [-0.4, -0.2) is 23.2 Å². The minimum absolute atomic E-state index is 0.562. The number of hydrogen-bond acceptors (Lipinski definition) is 7. The Kier molecular flexibility index (Phi) is 4.71. The van der Waals surface area contributed by atoms with Crippen molar-refractivity contribution >= 4 is 12.3 Å². The Morgan fingerprint density at radius 3 is 2.14 bits per heavy atom. The van der Waals surface area contributed by atoms with E-state index in [9.17, 15) is 9.59 Å². The average Bonchev–Trinajstić information content (AvgIpc) is 2.13. The molecule has 0 spiro atoms. The van der Waals surface area contributed by atoms with Crippen molar-refractivity contribution in [2.75, 3.05) is 0 Å². The van der Waals surface area contributed by atoms with Crippen LogP contribution in [0.4, 0.5) is 9.59 Å². The first-order valence-corrected chi connectivity index (χ1v) is 3.84. The van der Waals surface area contributed by atoms with Crippen LogP contribution in [-0.2, 0) is 19.4 Å². The smallest absolute Gasteiger partial charge is 0.426 e. The molecule has 0 radical (unpaired) electrons. The van der Waals surface area contributed by atoms with E-state index >= 15 is 0 Å². The average molecular weight is 208 g/mol. The molecule has 7 nitrogen and oxygen atoms in total. The van der Waals surface area contributed by atoms with E-state index in [2.05, 4.69) is 14.7 Å². The number of hydrogen-bond donors (Lipinski definition) is 1. The molecule has 1 N–H and O–H groups in total. The van der Waals surface area contributed by atoms with Crippen molar-refractivity contribution in [3.8, 4) is 0 Å². The van der Waals surface area contributed by atoms with Crippen molar-refractivity contribution in [1.82, 2.24) is 0 Å². The van der Waals surface area contributed by atoms with E-state index in [4.69, 9.17) is 9.99 Å². The van der Waals surface area contributed by atoms with Crippen LogP contribution < -0.4 is 0 Å². The molecule has 0 aliphatic carbocycles. The van der Waals surface area contributed by atoms with E-state index in [1.54, 1.807) is 20.8 Å². The van der Waals surface area contributed by atoms with E-state index in [0.29, 0.717) is 6.42 Å². The monoisotopic (exact) mass is 208 g/mol. The van der Waals surface area contributed by atoms with Gasteiger partial charge in [0.25, 0.3) is 0 Å². The Morgan fingerprint density at radius 1 is 1.21 bits per heavy atom. The summed E-state index contributed by atoms with van der Waals surface area (Å²) < 4.78 is 4.71. The van der Waals surface area contributed by atoms with Gasteiger partial charge in [-0.3, -0.25) is 4.89 Å². The molecule has 0 amide bonds. The molecule has 0 rings (SSSR count). The fourth-order valence-corrected chi connectivity index (χ4v) is 0.398. The lowest BCUT2D eigenvalue weighted by Gasteiger charge is -2.21. The van der Waals surface area contributed by atoms with Gasteiger partial charge in [-0.05, 0) is 20.3 Å². The number of carbonyl (C=O) groups is 2. The van der Waals surface area contributed by atoms with E-state index in [0.717, 1.165) is 0 Å². The first kappa shape index (κ1) is 12.5. The summed E-state index contributed by atoms with van der Waals surface area (Å²) in [6.45, 7) is 5.10. The Labute approximate surface area is 80.4 Å². The van der Waals surface area contributed by atoms with Crippen LogP contribution in [0.3, 0.4) is 0 Å². The highest BCUT2D eigenvalue weighted by Gasteiger charge is 2.23. The molecule has 14 heavy (non-hydrogen) atoms. The molecule has 0 saturated heterocycles. The van der Waals surface area contributed by atoms with Crippen molar-refractivity contribution in [1.29, 1.82) is 0 Å². The molecule has 0 aromatic heterocycles. The maximum atomic E-state index is 10.8. The van der Waals surface area contributed by atoms with Gasteiger partial charge < -0.3 is 4.74 Å². The summed E-state index contributed by atoms with van der Waals surface area (Å²) in [6, 6.07) is 0. The number of rotatable bonds is 2. The lowest BCUT2D eigenvalue weighted by atomic mass is 10.1. The molecule has 82 valence electrons. The van der Waals surface area contributed by atoms with Gasteiger partial charge in [0.1, 0.15) is 5.60 Å². The molecule has 0 aliphatic rings. The van der Waals surface area contributed by atoms with Crippen LogP contribution in [0.5, 0.6) is 0 Å². The molecule has 0 atom stereocenters. The van der Waals surface area contributed by atoms with Gasteiger partial charge in [0.2, 0.25) is 0 Å². The van der Waals surface area contributed by atoms with Crippen LogP contribution in [0.1, 0.15) is 27.2 Å². The summed E-state index contributed by atoms with van der Waals surface area (Å²) in [6.07, 6.45) is -2.19. The Balaban J connectivity index is 3.82. The summed E-state index contributed by atoms with van der Waals surface area (Å²) >= 11 is 0. The Bertz CT molecular complexity index is 210. The number of ether oxygens (including phenoxy) is 1. The predicted octanol–water partition coefficient (Wildman–Crippen LogP) is 1.87. The lowest BCUT2D eigenvalue weighted by Crippen LogP contribution is -2.28. The largest absolute Gasteiger partial charge is 0.582 e. The predicted molar refractivity (Wildman–Crippen MR) is 42.1 cm³/mol. The zero-order valence-corrected chi connectivity index (χ0v) is 8.10. The fraction of sp³-hybridized carbons (Fsp3) is 0.714. The Hall–Kier alpha value is -1.50. The van der Waals surface area contributed by atoms with Crippen LogP contribution >= 0.6 is 0 Å². The normalized spacial score (nSPS) is 10.3. The van der Waals surface area contributed by atoms with E-state index in [-0.39, 0.29) is 0 Å². The van der Waals surface area contributed by atoms with Crippen LogP contribution in [0, 0.1) is 0 Å². The van der Waals surface area contributed by atoms with Crippen molar-refractivity contribution < 1.29 is 34.2 Å². The SMILES string of the molecule is CCC(C)(C)OC(=O)OOC(=O)OO. The minimum Gasteiger partial charge on any atom is -0.426 e. The molecule has 7 heteroatoms. The van der Waals surface area contributed by atoms with Gasteiger partial charge in [0.05, 0.1) is 0 Å². The van der Waals surface area contributed by atoms with Gasteiger partial charge in [0, 0.05) is 0 Å². The standard InChI is InChI=1S/C7H12O7/c1-4-7(2,3)11-5(8)13-14-6(9)12-10/h10H,4H2,1-3H3. The molecule has 0 aromatic rings. The molecule has 0 unspecified atom stereocenters. The second-order valence-corrected chi connectivity index (χ2v) is 2.97. The second kappa shape index (κ2) is 5.28. The quantitative estimate of drug-likeness (QED) is 0.420. The van der Waals surface area contributed by atoms with Crippen molar-refractivity contribution in [2.45, 2.75) is 32.8 Å². The third kappa shape index (κ3) is 5.20. The van der Waals surface area contributed by atoms with Crippen LogP contribution in [0.15, 0.2) is 0 Å². The molecule has 0 heterocycles. The van der Waals surface area contributed by atoms with Gasteiger partial charge in [-0.25, -0.2) is 0 Å². The molecule has 0 aliphatic heterocycles. The molecule has 0 bridgehead atoms. The summed E-state index contributed by atoms with van der Waals surface area (Å²) in [5.41, 5.74) is -0.719. The number of carbonyl (C=O) groups excluding carboxylic acids is 2. The minimum atomic E-state index is -1.56. The van der Waals surface area contributed by atoms with Crippen molar-refractivity contribution in [3.63, 3.8) is 0 Å². The molecule has 0 fully saturated rings. The second-order valence-electron chi connectivity index (χ2n) is 2.97. The third-order valence-electron chi connectivity index (χ3n) is 1.46. The summed E-state index contributed by atoms with van der Waals surface area (Å²) in [5, 5.41) is 7.72. The summed E-state index contributed by atoms with van der Waals surface area (Å²) in [5.74, 6) is 0. The van der Waals surface area contributed by atoms with E-state index in [1.807, 2.05) is 0 Å². The van der Waals surface area contributed by atoms with Gasteiger partial charge in [-0.1, -0.05) is 6.92 Å². The maximum Gasteiger partial charge on any atom is 0.582 e. The highest BCUT2D eigenvalue weighted by atomic mass is 17.3. The zero-order valence-electron chi connectivity index (χ0n) is 8.10. The lowest BCUT2D eigenvalue weighted by molar-refractivity contribution is -0.279. The van der Waals surface area contributed by atoms with Crippen LogP contribution in [0.25, 0.3) is 0 Å². The molecule has 0 saturated carbocycles. The fourth-order valence-electron chi connectivity index (χ4n) is 0.398. The molecular formula is C7H12O7. The first-order valence-electron chi connectivity index (χ1n) is 3.84. The van der Waals surface area contributed by atoms with Crippen molar-refractivity contribution in [2.24, 2.45) is 0 Å². The Morgan fingerprint density at radius 2 is 1.71 bits per heavy atom. The van der Waals surface area contributed by atoms with E-state index in [1.165, 1.54) is 0 Å². The first-order chi connectivity index (χ1) is 6.41. The van der Waals surface area contributed by atoms with Crippen molar-refractivity contribution in [3.05, 3.63) is 0 Å². The maximum absolute atomic E-state index is 10.8. The highest BCUT2D eigenvalue weighted by Crippen LogP contribution is 2.14. The van der Waals surface area contributed by atoms with Gasteiger partial charge in [-0.15, -0.1) is 0 Å². The third-order valence-corrected chi connectivity index (χ3v) is 1.46. The van der Waals surface area contributed by atoms with Gasteiger partial charge >= 0.3 is 12.3 Å². The summed E-state index contributed by atoms with van der Waals surface area (Å²) in [7, 11) is 0. The highest BCUT2D eigenvalue weighted by molar-refractivity contribution is 5.63.